The molecule has 0 N–H and O–H groups in total. The summed E-state index contributed by atoms with van der Waals surface area (Å²) < 4.78 is 7.96. The van der Waals surface area contributed by atoms with Crippen LogP contribution in [0.5, 0.6) is 0 Å². The fourth-order valence-corrected chi connectivity index (χ4v) is 2.77. The summed E-state index contributed by atoms with van der Waals surface area (Å²) in [7, 11) is 1.99. The van der Waals surface area contributed by atoms with Gasteiger partial charge in [0.1, 0.15) is 0 Å². The second-order valence-corrected chi connectivity index (χ2v) is 5.58. The Balaban J connectivity index is 1.50. The molecule has 0 bridgehead atoms. The monoisotopic (exact) mass is 286 g/mol. The predicted octanol–water partition coefficient (Wildman–Crippen LogP) is 2.00. The minimum absolute atomic E-state index is 0.300. The van der Waals surface area contributed by atoms with Gasteiger partial charge in [-0.2, -0.15) is 5.10 Å². The van der Waals surface area contributed by atoms with Crippen LogP contribution in [0.4, 0.5) is 0 Å². The number of hydrogen-bond acceptors (Lipinski definition) is 4. The van der Waals surface area contributed by atoms with Crippen LogP contribution in [0.3, 0.4) is 0 Å². The zero-order valence-electron chi connectivity index (χ0n) is 12.5. The van der Waals surface area contributed by atoms with Crippen LogP contribution in [0.25, 0.3) is 0 Å². The van der Waals surface area contributed by atoms with Crippen molar-refractivity contribution < 1.29 is 4.74 Å². The molecule has 5 nitrogen and oxygen atoms in total. The largest absolute Gasteiger partial charge is 0.371 e. The third kappa shape index (κ3) is 3.89. The minimum atomic E-state index is 0.300. The molecule has 2 aromatic rings. The van der Waals surface area contributed by atoms with E-state index in [0.29, 0.717) is 12.7 Å². The van der Waals surface area contributed by atoms with E-state index in [9.17, 15) is 0 Å². The molecule has 5 heteroatoms. The van der Waals surface area contributed by atoms with E-state index >= 15 is 0 Å². The Morgan fingerprint density at radius 3 is 3.00 bits per heavy atom. The molecule has 0 amide bonds. The van der Waals surface area contributed by atoms with Gasteiger partial charge in [-0.15, -0.1) is 0 Å². The standard InChI is InChI=1S/C16H22N4O/c1-19-15(7-9-18-19)11-20-10-4-6-16(12-20)21-13-14-5-2-3-8-17-14/h2-3,5,7-9,16H,4,6,10-13H2,1H3. The fourth-order valence-electron chi connectivity index (χ4n) is 2.77. The first-order valence-electron chi connectivity index (χ1n) is 7.52. The number of hydrogen-bond donors (Lipinski definition) is 0. The summed E-state index contributed by atoms with van der Waals surface area (Å²) in [5, 5.41) is 4.23. The van der Waals surface area contributed by atoms with Gasteiger partial charge < -0.3 is 4.74 Å². The highest BCUT2D eigenvalue weighted by molar-refractivity contribution is 5.02. The molecule has 1 aliphatic heterocycles. The molecule has 0 aliphatic carbocycles. The number of ether oxygens (including phenoxy) is 1. The molecule has 0 spiro atoms. The van der Waals surface area contributed by atoms with Gasteiger partial charge in [-0.25, -0.2) is 0 Å². The van der Waals surface area contributed by atoms with Gasteiger partial charge in [0.15, 0.2) is 0 Å². The number of nitrogens with zero attached hydrogens (tertiary/aromatic N) is 4. The lowest BCUT2D eigenvalue weighted by Crippen LogP contribution is -2.39. The molecule has 0 saturated carbocycles. The highest BCUT2D eigenvalue weighted by atomic mass is 16.5. The number of pyridine rings is 1. The second kappa shape index (κ2) is 6.83. The SMILES string of the molecule is Cn1nccc1CN1CCCC(OCc2ccccn2)C1. The smallest absolute Gasteiger partial charge is 0.0892 e. The summed E-state index contributed by atoms with van der Waals surface area (Å²) in [5.74, 6) is 0. The molecule has 1 fully saturated rings. The molecule has 1 saturated heterocycles. The highest BCUT2D eigenvalue weighted by Gasteiger charge is 2.21. The zero-order valence-corrected chi connectivity index (χ0v) is 12.5. The van der Waals surface area contributed by atoms with Gasteiger partial charge in [-0.1, -0.05) is 6.07 Å². The van der Waals surface area contributed by atoms with E-state index in [1.54, 1.807) is 0 Å². The van der Waals surface area contributed by atoms with Crippen molar-refractivity contribution in [2.24, 2.45) is 7.05 Å². The molecule has 1 aliphatic rings. The molecule has 3 heterocycles. The van der Waals surface area contributed by atoms with Gasteiger partial charge in [0, 0.05) is 32.5 Å². The van der Waals surface area contributed by atoms with Crippen LogP contribution in [0, 0.1) is 0 Å². The van der Waals surface area contributed by atoms with Crippen molar-refractivity contribution in [3.8, 4) is 0 Å². The van der Waals surface area contributed by atoms with Crippen LogP contribution in [0.1, 0.15) is 24.2 Å². The first-order chi connectivity index (χ1) is 10.3. The Kier molecular flexibility index (Phi) is 4.62. The van der Waals surface area contributed by atoms with Gasteiger partial charge in [0.05, 0.1) is 24.1 Å². The molecule has 1 unspecified atom stereocenters. The molecular weight excluding hydrogens is 264 g/mol. The van der Waals surface area contributed by atoms with Crippen LogP contribution in [-0.2, 0) is 24.9 Å². The van der Waals surface area contributed by atoms with E-state index in [0.717, 1.165) is 31.7 Å². The summed E-state index contributed by atoms with van der Waals surface area (Å²) in [6.07, 6.45) is 6.29. The Labute approximate surface area is 125 Å². The highest BCUT2D eigenvalue weighted by Crippen LogP contribution is 2.16. The number of rotatable bonds is 5. The van der Waals surface area contributed by atoms with Gasteiger partial charge in [-0.3, -0.25) is 14.6 Å². The maximum atomic E-state index is 6.02. The average molecular weight is 286 g/mol. The van der Waals surface area contributed by atoms with Gasteiger partial charge in [0.2, 0.25) is 0 Å². The number of likely N-dealkylation sites (tertiary alicyclic amines) is 1. The molecule has 1 atom stereocenters. The Hall–Kier alpha value is -1.72. The zero-order chi connectivity index (χ0) is 14.5. The van der Waals surface area contributed by atoms with Crippen LogP contribution in [0.2, 0.25) is 0 Å². The van der Waals surface area contributed by atoms with E-state index in [4.69, 9.17) is 4.74 Å². The molecule has 21 heavy (non-hydrogen) atoms. The normalized spacial score (nSPS) is 19.8. The molecule has 112 valence electrons. The summed E-state index contributed by atoms with van der Waals surface area (Å²) in [5.41, 5.74) is 2.25. The number of piperidine rings is 1. The van der Waals surface area contributed by atoms with Crippen LogP contribution < -0.4 is 0 Å². The average Bonchev–Trinajstić information content (AvgIpc) is 2.92. The van der Waals surface area contributed by atoms with E-state index in [2.05, 4.69) is 21.0 Å². The van der Waals surface area contributed by atoms with Crippen molar-refractivity contribution in [1.29, 1.82) is 0 Å². The summed E-state index contributed by atoms with van der Waals surface area (Å²) in [6.45, 7) is 3.66. The molecule has 0 radical (unpaired) electrons. The third-order valence-corrected chi connectivity index (χ3v) is 3.96. The van der Waals surface area contributed by atoms with Crippen molar-refractivity contribution in [2.45, 2.75) is 32.1 Å². The predicted molar refractivity (Wildman–Crippen MR) is 80.5 cm³/mol. The second-order valence-electron chi connectivity index (χ2n) is 5.58. The van der Waals surface area contributed by atoms with Crippen LogP contribution in [0.15, 0.2) is 36.7 Å². The Morgan fingerprint density at radius 1 is 1.29 bits per heavy atom. The quantitative estimate of drug-likeness (QED) is 0.843. The summed E-state index contributed by atoms with van der Waals surface area (Å²) >= 11 is 0. The van der Waals surface area contributed by atoms with Crippen molar-refractivity contribution in [3.63, 3.8) is 0 Å². The Bertz CT molecular complexity index is 554. The van der Waals surface area contributed by atoms with E-state index < -0.39 is 0 Å². The van der Waals surface area contributed by atoms with Crippen LogP contribution in [-0.4, -0.2) is 38.9 Å². The lowest BCUT2D eigenvalue weighted by atomic mass is 10.1. The maximum Gasteiger partial charge on any atom is 0.0892 e. The molecular formula is C16H22N4O. The third-order valence-electron chi connectivity index (χ3n) is 3.96. The topological polar surface area (TPSA) is 43.2 Å². The van der Waals surface area contributed by atoms with E-state index in [1.165, 1.54) is 12.1 Å². The van der Waals surface area contributed by atoms with Crippen molar-refractivity contribution >= 4 is 0 Å². The van der Waals surface area contributed by atoms with Gasteiger partial charge in [0.25, 0.3) is 0 Å². The number of aromatic nitrogens is 3. The minimum Gasteiger partial charge on any atom is -0.371 e. The molecule has 3 rings (SSSR count). The Morgan fingerprint density at radius 2 is 2.24 bits per heavy atom. The van der Waals surface area contributed by atoms with E-state index in [1.807, 2.05) is 42.3 Å². The fraction of sp³-hybridized carbons (Fsp3) is 0.500. The lowest BCUT2D eigenvalue weighted by Gasteiger charge is -2.32. The molecule has 0 aromatic carbocycles. The van der Waals surface area contributed by atoms with Crippen LogP contribution >= 0.6 is 0 Å². The van der Waals surface area contributed by atoms with Gasteiger partial charge in [-0.05, 0) is 37.6 Å². The summed E-state index contributed by atoms with van der Waals surface area (Å²) in [6, 6.07) is 8.02. The van der Waals surface area contributed by atoms with Crippen molar-refractivity contribution in [2.75, 3.05) is 13.1 Å². The van der Waals surface area contributed by atoms with Gasteiger partial charge >= 0.3 is 0 Å². The lowest BCUT2D eigenvalue weighted by molar-refractivity contribution is -0.0137. The molecule has 2 aromatic heterocycles. The van der Waals surface area contributed by atoms with Crippen molar-refractivity contribution in [1.82, 2.24) is 19.7 Å². The first-order valence-corrected chi connectivity index (χ1v) is 7.52. The number of aryl methyl sites for hydroxylation is 1. The first kappa shape index (κ1) is 14.2. The van der Waals surface area contributed by atoms with E-state index in [-0.39, 0.29) is 0 Å². The van der Waals surface area contributed by atoms with Crippen molar-refractivity contribution in [3.05, 3.63) is 48.0 Å². The summed E-state index contributed by atoms with van der Waals surface area (Å²) in [4.78, 5) is 6.75. The maximum absolute atomic E-state index is 6.02.